The van der Waals surface area contributed by atoms with Crippen LogP contribution in [0.2, 0.25) is 0 Å². The van der Waals surface area contributed by atoms with Gasteiger partial charge in [-0.15, -0.1) is 0 Å². The predicted molar refractivity (Wildman–Crippen MR) is 111 cm³/mol. The molecule has 0 spiro atoms. The fraction of sp³-hybridized carbons (Fsp3) is 0.625. The van der Waals surface area contributed by atoms with E-state index in [1.54, 1.807) is 6.07 Å². The summed E-state index contributed by atoms with van der Waals surface area (Å²) in [6, 6.07) is 3.11. The third kappa shape index (κ3) is 4.06. The van der Waals surface area contributed by atoms with Crippen LogP contribution >= 0.6 is 0 Å². The van der Waals surface area contributed by atoms with Crippen molar-refractivity contribution in [3.05, 3.63) is 17.7 Å². The highest BCUT2D eigenvalue weighted by molar-refractivity contribution is 7.94. The van der Waals surface area contributed by atoms with Gasteiger partial charge in [0.2, 0.25) is 10.0 Å². The highest BCUT2D eigenvalue weighted by Gasteiger charge is 2.40. The van der Waals surface area contributed by atoms with Crippen molar-refractivity contribution in [3.8, 4) is 0 Å². The average Bonchev–Trinajstić information content (AvgIpc) is 3.06. The molecular formula is C16H28N8O4S2. The smallest absolute Gasteiger partial charge is 0.239 e. The zero-order chi connectivity index (χ0) is 21.5. The zero-order valence-electron chi connectivity index (χ0n) is 16.4. The summed E-state index contributed by atoms with van der Waals surface area (Å²) in [5.41, 5.74) is 18.0. The fourth-order valence-corrected chi connectivity index (χ4v) is 7.30. The molecule has 0 aromatic heterocycles. The summed E-state index contributed by atoms with van der Waals surface area (Å²) in [5.74, 6) is 0. The van der Waals surface area contributed by atoms with Gasteiger partial charge in [-0.05, 0) is 31.4 Å². The van der Waals surface area contributed by atoms with Crippen LogP contribution in [-0.4, -0.2) is 54.3 Å². The molecule has 9 N–H and O–H groups in total. The molecule has 0 bridgehead atoms. The summed E-state index contributed by atoms with van der Waals surface area (Å²) in [4.78, 5) is 1.40. The number of sulfone groups is 1. The summed E-state index contributed by atoms with van der Waals surface area (Å²) in [5, 5.41) is 7.82. The molecule has 3 saturated heterocycles. The molecule has 30 heavy (non-hydrogen) atoms. The van der Waals surface area contributed by atoms with E-state index in [1.165, 1.54) is 6.07 Å². The van der Waals surface area contributed by atoms with Gasteiger partial charge in [0, 0.05) is 43.5 Å². The van der Waals surface area contributed by atoms with E-state index in [0.717, 1.165) is 19.3 Å². The molecule has 0 radical (unpaired) electrons. The first-order valence-electron chi connectivity index (χ1n) is 9.85. The molecule has 1 unspecified atom stereocenters. The highest BCUT2D eigenvalue weighted by Crippen LogP contribution is 2.38. The van der Waals surface area contributed by atoms with Crippen LogP contribution in [0.1, 0.15) is 31.0 Å². The Morgan fingerprint density at radius 1 is 1.00 bits per heavy atom. The number of hydrazine groups is 3. The standard InChI is InChI=1S/C16H28N8O4S2/c17-10-2-1-6-24(7-5-10)12-3-4-13(29(25,26)11-8-19-9-11)15(30(18,27)28)14(12)16-20-22-23-21-16/h3-4,10-11,16,19-23H,1-2,5-9,17H2,(H2,18,27,28). The molecule has 0 saturated carbocycles. The Labute approximate surface area is 176 Å². The monoisotopic (exact) mass is 460 g/mol. The lowest BCUT2D eigenvalue weighted by Crippen LogP contribution is -2.51. The van der Waals surface area contributed by atoms with E-state index in [0.29, 0.717) is 18.8 Å². The van der Waals surface area contributed by atoms with Crippen molar-refractivity contribution in [3.63, 3.8) is 0 Å². The molecule has 1 atom stereocenters. The number of hydrogen-bond acceptors (Lipinski definition) is 11. The van der Waals surface area contributed by atoms with Gasteiger partial charge >= 0.3 is 0 Å². The second-order valence-corrected chi connectivity index (χ2v) is 11.5. The van der Waals surface area contributed by atoms with Crippen molar-refractivity contribution in [2.24, 2.45) is 10.9 Å². The SMILES string of the molecule is NC1CCCN(c2ccc(S(=O)(=O)C3CNC3)c(S(N)(=O)=O)c2C2NNNN2)CC1. The molecule has 3 fully saturated rings. The molecule has 0 amide bonds. The summed E-state index contributed by atoms with van der Waals surface area (Å²) >= 11 is 0. The maximum atomic E-state index is 13.2. The first-order valence-corrected chi connectivity index (χ1v) is 12.9. The van der Waals surface area contributed by atoms with Crippen LogP contribution in [0.3, 0.4) is 0 Å². The van der Waals surface area contributed by atoms with Gasteiger partial charge in [0.1, 0.15) is 11.1 Å². The number of anilines is 1. The van der Waals surface area contributed by atoms with E-state index in [-0.39, 0.29) is 34.5 Å². The Morgan fingerprint density at radius 2 is 1.70 bits per heavy atom. The third-order valence-corrected chi connectivity index (χ3v) is 9.11. The fourth-order valence-electron chi connectivity index (χ4n) is 4.06. The number of hydrogen-bond donors (Lipinski definition) is 7. The zero-order valence-corrected chi connectivity index (χ0v) is 18.0. The Bertz CT molecular complexity index is 1010. The van der Waals surface area contributed by atoms with Gasteiger partial charge in [-0.3, -0.25) is 0 Å². The Morgan fingerprint density at radius 3 is 2.30 bits per heavy atom. The number of nitrogens with one attached hydrogen (secondary N) is 5. The maximum absolute atomic E-state index is 13.2. The van der Waals surface area contributed by atoms with Crippen molar-refractivity contribution < 1.29 is 16.8 Å². The number of rotatable bonds is 5. The molecule has 1 aromatic carbocycles. The van der Waals surface area contributed by atoms with E-state index in [4.69, 9.17) is 10.9 Å². The molecule has 14 heteroatoms. The van der Waals surface area contributed by atoms with Crippen molar-refractivity contribution in [1.29, 1.82) is 0 Å². The van der Waals surface area contributed by atoms with E-state index < -0.39 is 31.3 Å². The summed E-state index contributed by atoms with van der Waals surface area (Å²) in [6.07, 6.45) is 1.75. The molecular weight excluding hydrogens is 432 g/mol. The largest absolute Gasteiger partial charge is 0.371 e. The topological polar surface area (TPSA) is 184 Å². The molecule has 12 nitrogen and oxygen atoms in total. The first kappa shape index (κ1) is 21.9. The Kier molecular flexibility index (Phi) is 6.04. The Hall–Kier alpha value is -1.36. The van der Waals surface area contributed by atoms with Gasteiger partial charge in [-0.2, -0.15) is 11.1 Å². The molecule has 3 aliphatic rings. The third-order valence-electron chi connectivity index (χ3n) is 5.81. The van der Waals surface area contributed by atoms with Gasteiger partial charge in [0.05, 0.1) is 10.1 Å². The number of sulfonamides is 1. The minimum Gasteiger partial charge on any atom is -0.371 e. The molecule has 3 aliphatic heterocycles. The Balaban J connectivity index is 1.91. The lowest BCUT2D eigenvalue weighted by molar-refractivity contribution is 0.491. The molecule has 3 heterocycles. The summed E-state index contributed by atoms with van der Waals surface area (Å²) in [6.45, 7) is 1.86. The number of benzene rings is 1. The van der Waals surface area contributed by atoms with Crippen LogP contribution in [0.5, 0.6) is 0 Å². The minimum absolute atomic E-state index is 0.0768. The van der Waals surface area contributed by atoms with Gasteiger partial charge in [0.15, 0.2) is 9.84 Å². The van der Waals surface area contributed by atoms with E-state index >= 15 is 0 Å². The van der Waals surface area contributed by atoms with Crippen molar-refractivity contribution in [1.82, 2.24) is 27.2 Å². The second-order valence-electron chi connectivity index (χ2n) is 7.85. The normalized spacial score (nSPS) is 24.6. The number of primary sulfonamides is 1. The molecule has 4 rings (SSSR count). The van der Waals surface area contributed by atoms with Gasteiger partial charge < -0.3 is 16.0 Å². The number of nitrogens with two attached hydrogens (primary N) is 2. The lowest BCUT2D eigenvalue weighted by Gasteiger charge is -2.31. The molecule has 1 aromatic rings. The molecule has 168 valence electrons. The lowest BCUT2D eigenvalue weighted by atomic mass is 10.1. The van der Waals surface area contributed by atoms with E-state index in [9.17, 15) is 16.8 Å². The van der Waals surface area contributed by atoms with Crippen LogP contribution < -0.4 is 43.0 Å². The van der Waals surface area contributed by atoms with Crippen LogP contribution in [0.15, 0.2) is 21.9 Å². The quantitative estimate of drug-likeness (QED) is 0.247. The van der Waals surface area contributed by atoms with Gasteiger partial charge in [-0.1, -0.05) is 0 Å². The number of nitrogens with zero attached hydrogens (tertiary/aromatic N) is 1. The van der Waals surface area contributed by atoms with Crippen LogP contribution in [0.25, 0.3) is 0 Å². The van der Waals surface area contributed by atoms with Crippen molar-refractivity contribution >= 4 is 25.5 Å². The van der Waals surface area contributed by atoms with Crippen molar-refractivity contribution in [2.45, 2.75) is 46.5 Å². The van der Waals surface area contributed by atoms with Crippen molar-refractivity contribution in [2.75, 3.05) is 31.1 Å². The average molecular weight is 461 g/mol. The summed E-state index contributed by atoms with van der Waals surface area (Å²) in [7, 11) is -8.26. The second kappa shape index (κ2) is 8.29. The molecule has 0 aliphatic carbocycles. The predicted octanol–water partition coefficient (Wildman–Crippen LogP) is -2.49. The summed E-state index contributed by atoms with van der Waals surface area (Å²) < 4.78 is 51.8. The first-order chi connectivity index (χ1) is 14.2. The maximum Gasteiger partial charge on any atom is 0.239 e. The van der Waals surface area contributed by atoms with Crippen LogP contribution in [0.4, 0.5) is 5.69 Å². The van der Waals surface area contributed by atoms with Gasteiger partial charge in [0.25, 0.3) is 0 Å². The highest BCUT2D eigenvalue weighted by atomic mass is 32.2. The minimum atomic E-state index is -4.37. The van der Waals surface area contributed by atoms with Gasteiger partial charge in [-0.25, -0.2) is 32.8 Å². The van der Waals surface area contributed by atoms with Crippen LogP contribution in [0, 0.1) is 0 Å². The van der Waals surface area contributed by atoms with Crippen LogP contribution in [-0.2, 0) is 19.9 Å². The van der Waals surface area contributed by atoms with E-state index in [1.807, 2.05) is 4.90 Å². The van der Waals surface area contributed by atoms with E-state index in [2.05, 4.69) is 27.2 Å².